The van der Waals surface area contributed by atoms with Gasteiger partial charge in [-0.2, -0.15) is 0 Å². The number of halogens is 2. The molecule has 0 aromatic heterocycles. The Bertz CT molecular complexity index is 988. The molecule has 5 rings (SSSR count). The summed E-state index contributed by atoms with van der Waals surface area (Å²) in [6.45, 7) is 2.10. The molecule has 0 unspecified atom stereocenters. The van der Waals surface area contributed by atoms with Crippen molar-refractivity contribution in [3.05, 3.63) is 52.0 Å². The van der Waals surface area contributed by atoms with E-state index in [1.807, 2.05) is 11.0 Å². The largest absolute Gasteiger partial charge is 0.495 e. The van der Waals surface area contributed by atoms with Gasteiger partial charge in [-0.3, -0.25) is 10.1 Å². The Kier molecular flexibility index (Phi) is 5.08. The lowest BCUT2D eigenvalue weighted by molar-refractivity contribution is -0.121. The van der Waals surface area contributed by atoms with Crippen LogP contribution in [-0.2, 0) is 11.3 Å². The van der Waals surface area contributed by atoms with Crippen molar-refractivity contribution in [2.24, 2.45) is 0 Å². The number of hydrogen-bond acceptors (Lipinski definition) is 4. The van der Waals surface area contributed by atoms with Crippen LogP contribution >= 0.6 is 23.2 Å². The average Bonchev–Trinajstić information content (AvgIpc) is 3.68. The normalized spacial score (nSPS) is 19.4. The number of nitrogens with zero attached hydrogens (tertiary/aromatic N) is 2. The van der Waals surface area contributed by atoms with Crippen LogP contribution in [0.15, 0.2) is 36.4 Å². The second-order valence-corrected chi connectivity index (χ2v) is 9.20. The van der Waals surface area contributed by atoms with Crippen LogP contribution in [0.1, 0.15) is 31.2 Å². The lowest BCUT2D eigenvalue weighted by Gasteiger charge is -2.39. The van der Waals surface area contributed by atoms with Gasteiger partial charge in [0.15, 0.2) is 0 Å². The van der Waals surface area contributed by atoms with Gasteiger partial charge >= 0.3 is 0 Å². The second kappa shape index (κ2) is 7.63. The molecule has 158 valence electrons. The molecule has 2 aromatic carbocycles. The number of rotatable bonds is 6. The van der Waals surface area contributed by atoms with Crippen LogP contribution in [0.4, 0.5) is 11.4 Å². The highest BCUT2D eigenvalue weighted by Gasteiger charge is 2.52. The molecule has 5 nitrogen and oxygen atoms in total. The van der Waals surface area contributed by atoms with Crippen molar-refractivity contribution in [2.45, 2.75) is 43.8 Å². The number of carbonyl (C=O) groups is 1. The van der Waals surface area contributed by atoms with Crippen LogP contribution in [0, 0.1) is 0 Å². The van der Waals surface area contributed by atoms with E-state index in [4.69, 9.17) is 27.9 Å². The zero-order chi connectivity index (χ0) is 20.9. The highest BCUT2D eigenvalue weighted by molar-refractivity contribution is 6.34. The quantitative estimate of drug-likeness (QED) is 0.703. The van der Waals surface area contributed by atoms with Gasteiger partial charge in [-0.1, -0.05) is 35.3 Å². The first-order valence-electron chi connectivity index (χ1n) is 10.5. The lowest BCUT2D eigenvalue weighted by atomic mass is 10.1. The molecule has 2 aromatic rings. The zero-order valence-corrected chi connectivity index (χ0v) is 18.5. The maximum atomic E-state index is 13.6. The molecule has 0 atom stereocenters. The maximum absolute atomic E-state index is 13.6. The zero-order valence-electron chi connectivity index (χ0n) is 17.0. The Balaban J connectivity index is 1.34. The van der Waals surface area contributed by atoms with Crippen molar-refractivity contribution in [1.29, 1.82) is 0 Å². The van der Waals surface area contributed by atoms with Crippen LogP contribution in [0.3, 0.4) is 0 Å². The number of para-hydroxylation sites is 2. The van der Waals surface area contributed by atoms with Gasteiger partial charge < -0.3 is 14.5 Å². The molecule has 0 saturated heterocycles. The number of methoxy groups -OCH3 is 1. The van der Waals surface area contributed by atoms with Gasteiger partial charge in [-0.05, 0) is 49.4 Å². The fourth-order valence-corrected chi connectivity index (χ4v) is 4.82. The summed E-state index contributed by atoms with van der Waals surface area (Å²) < 4.78 is 5.22. The molecule has 1 N–H and O–H groups in total. The minimum atomic E-state index is -0.523. The Morgan fingerprint density at radius 1 is 1.13 bits per heavy atom. The van der Waals surface area contributed by atoms with Crippen molar-refractivity contribution in [3.63, 3.8) is 0 Å². The molecule has 0 radical (unpaired) electrons. The molecule has 1 aliphatic heterocycles. The van der Waals surface area contributed by atoms with Crippen LogP contribution in [0.5, 0.6) is 5.75 Å². The number of fused-ring (bicyclic) bond motifs is 1. The third kappa shape index (κ3) is 3.53. The van der Waals surface area contributed by atoms with E-state index in [0.29, 0.717) is 28.4 Å². The minimum Gasteiger partial charge on any atom is -0.495 e. The number of amides is 1. The lowest BCUT2D eigenvalue weighted by Crippen LogP contribution is -2.53. The van der Waals surface area contributed by atoms with E-state index in [9.17, 15) is 4.79 Å². The van der Waals surface area contributed by atoms with Gasteiger partial charge in [0.1, 0.15) is 5.75 Å². The summed E-state index contributed by atoms with van der Waals surface area (Å²) in [6, 6.07) is 12.4. The molecule has 2 fully saturated rings. The first kappa shape index (κ1) is 20.0. The van der Waals surface area contributed by atoms with E-state index in [2.05, 4.69) is 28.4 Å². The van der Waals surface area contributed by atoms with Gasteiger partial charge in [0.2, 0.25) is 5.91 Å². The first-order chi connectivity index (χ1) is 14.5. The Morgan fingerprint density at radius 3 is 2.53 bits per heavy atom. The number of carbonyl (C=O) groups excluding carboxylic acids is 1. The molecule has 30 heavy (non-hydrogen) atoms. The number of ether oxygens (including phenoxy) is 1. The molecular formula is C23H25Cl2N3O2. The van der Waals surface area contributed by atoms with E-state index < -0.39 is 5.54 Å². The highest BCUT2D eigenvalue weighted by Crippen LogP contribution is 2.44. The summed E-state index contributed by atoms with van der Waals surface area (Å²) in [5.41, 5.74) is 2.55. The highest BCUT2D eigenvalue weighted by atomic mass is 35.5. The molecule has 1 amide bonds. The van der Waals surface area contributed by atoms with Crippen molar-refractivity contribution in [1.82, 2.24) is 5.32 Å². The maximum Gasteiger partial charge on any atom is 0.247 e. The van der Waals surface area contributed by atoms with Crippen LogP contribution in [0.2, 0.25) is 10.0 Å². The Hall–Kier alpha value is -1.95. The van der Waals surface area contributed by atoms with Crippen LogP contribution < -0.4 is 19.9 Å². The smallest absolute Gasteiger partial charge is 0.247 e. The minimum absolute atomic E-state index is 0.154. The van der Waals surface area contributed by atoms with Crippen molar-refractivity contribution in [3.8, 4) is 5.75 Å². The predicted octanol–water partition coefficient (Wildman–Crippen LogP) is 4.64. The summed E-state index contributed by atoms with van der Waals surface area (Å²) >= 11 is 12.7. The van der Waals surface area contributed by atoms with Crippen molar-refractivity contribution >= 4 is 40.5 Å². The topological polar surface area (TPSA) is 44.8 Å². The predicted molar refractivity (Wildman–Crippen MR) is 121 cm³/mol. The van der Waals surface area contributed by atoms with Gasteiger partial charge in [0, 0.05) is 36.8 Å². The van der Waals surface area contributed by atoms with E-state index in [-0.39, 0.29) is 5.91 Å². The fourth-order valence-electron chi connectivity index (χ4n) is 4.34. The standard InChI is InChI=1S/C23H25Cl2N3O2/c1-30-21-13-17(24)15(12-18(21)25)14-26-23(8-9-23)22(29)28-11-10-27(16-6-7-16)19-4-2-3-5-20(19)28/h2-5,12-13,16,26H,6-11,14H2,1H3. The first-order valence-corrected chi connectivity index (χ1v) is 11.2. The van der Waals surface area contributed by atoms with E-state index in [1.165, 1.54) is 18.5 Å². The molecule has 2 aliphatic carbocycles. The van der Waals surface area contributed by atoms with E-state index >= 15 is 0 Å². The summed E-state index contributed by atoms with van der Waals surface area (Å²) in [5, 5.41) is 4.57. The molecule has 1 heterocycles. The van der Waals surface area contributed by atoms with Gasteiger partial charge in [-0.15, -0.1) is 0 Å². The van der Waals surface area contributed by atoms with Crippen LogP contribution in [-0.4, -0.2) is 37.7 Å². The van der Waals surface area contributed by atoms with Gasteiger partial charge in [0.05, 0.1) is 29.0 Å². The van der Waals surface area contributed by atoms with Crippen LogP contribution in [0.25, 0.3) is 0 Å². The monoisotopic (exact) mass is 445 g/mol. The van der Waals surface area contributed by atoms with E-state index in [1.54, 1.807) is 19.2 Å². The summed E-state index contributed by atoms with van der Waals surface area (Å²) in [4.78, 5) is 18.0. The molecule has 0 spiro atoms. The van der Waals surface area contributed by atoms with Crippen molar-refractivity contribution < 1.29 is 9.53 Å². The molecule has 0 bridgehead atoms. The number of hydrogen-bond donors (Lipinski definition) is 1. The van der Waals surface area contributed by atoms with Gasteiger partial charge in [-0.25, -0.2) is 0 Å². The SMILES string of the molecule is COc1cc(Cl)c(CNC2(C(=O)N3CCN(C4CC4)c4ccccc43)CC2)cc1Cl. The Labute approximate surface area is 186 Å². The van der Waals surface area contributed by atoms with Crippen molar-refractivity contribution in [2.75, 3.05) is 30.0 Å². The number of nitrogens with one attached hydrogen (secondary N) is 1. The number of anilines is 2. The Morgan fingerprint density at radius 2 is 1.87 bits per heavy atom. The summed E-state index contributed by atoms with van der Waals surface area (Å²) in [7, 11) is 1.56. The van der Waals surface area contributed by atoms with E-state index in [0.717, 1.165) is 37.2 Å². The summed E-state index contributed by atoms with van der Waals surface area (Å²) in [5.74, 6) is 0.703. The van der Waals surface area contributed by atoms with Gasteiger partial charge in [0.25, 0.3) is 0 Å². The average molecular weight is 446 g/mol. The fraction of sp³-hybridized carbons (Fsp3) is 0.435. The third-order valence-electron chi connectivity index (χ3n) is 6.38. The summed E-state index contributed by atoms with van der Waals surface area (Å²) in [6.07, 6.45) is 4.16. The second-order valence-electron chi connectivity index (χ2n) is 8.38. The molecule has 7 heteroatoms. The molecular weight excluding hydrogens is 421 g/mol. The third-order valence-corrected chi connectivity index (χ3v) is 7.02. The molecule has 2 saturated carbocycles. The molecule has 3 aliphatic rings. The number of benzene rings is 2.